The Morgan fingerprint density at radius 1 is 1.29 bits per heavy atom. The van der Waals surface area contributed by atoms with Gasteiger partial charge in [-0.3, -0.25) is 24.7 Å². The lowest BCUT2D eigenvalue weighted by Gasteiger charge is -2.29. The zero-order chi connectivity index (χ0) is 24.2. The molecule has 0 bridgehead atoms. The van der Waals surface area contributed by atoms with Crippen LogP contribution in [-0.2, 0) is 16.9 Å². The topological polar surface area (TPSA) is 143 Å². The molecule has 1 fully saturated rings. The predicted molar refractivity (Wildman–Crippen MR) is 118 cm³/mol. The molecule has 3 N–H and O–H groups in total. The quantitative estimate of drug-likeness (QED) is 0.483. The number of amides is 5. The van der Waals surface area contributed by atoms with E-state index in [2.05, 4.69) is 20.9 Å². The van der Waals surface area contributed by atoms with Crippen molar-refractivity contribution in [2.24, 2.45) is 0 Å². The van der Waals surface area contributed by atoms with Gasteiger partial charge in [-0.2, -0.15) is 0 Å². The fraction of sp³-hybridized carbons (Fsp3) is 0.261. The Kier molecular flexibility index (Phi) is 4.78. The maximum absolute atomic E-state index is 13.2. The zero-order valence-corrected chi connectivity index (χ0v) is 18.6. The van der Waals surface area contributed by atoms with Crippen LogP contribution in [0.15, 0.2) is 34.9 Å². The molecule has 1 atom stereocenters. The molecule has 5 amide bonds. The molecule has 0 radical (unpaired) electrons. The number of hydrogen-bond acceptors (Lipinski definition) is 7. The summed E-state index contributed by atoms with van der Waals surface area (Å²) in [6, 6.07) is 6.05. The fourth-order valence-electron chi connectivity index (χ4n) is 4.39. The highest BCUT2D eigenvalue weighted by molar-refractivity contribution is 6.09. The summed E-state index contributed by atoms with van der Waals surface area (Å²) < 4.78 is 11.2. The summed E-state index contributed by atoms with van der Waals surface area (Å²) >= 11 is 0. The van der Waals surface area contributed by atoms with Gasteiger partial charge in [0, 0.05) is 36.4 Å². The summed E-state index contributed by atoms with van der Waals surface area (Å²) in [5.74, 6) is -0.746. The summed E-state index contributed by atoms with van der Waals surface area (Å²) in [7, 11) is 2.99. The maximum Gasteiger partial charge on any atom is 0.322 e. The molecule has 11 heteroatoms. The summed E-state index contributed by atoms with van der Waals surface area (Å²) in [6.07, 6.45) is 1.39. The van der Waals surface area contributed by atoms with Crippen LogP contribution in [-0.4, -0.2) is 54.3 Å². The van der Waals surface area contributed by atoms with Gasteiger partial charge in [0.05, 0.1) is 13.7 Å². The number of carbonyl (C=O) groups is 4. The third-order valence-electron chi connectivity index (χ3n) is 6.21. The molecule has 2 aromatic heterocycles. The van der Waals surface area contributed by atoms with Gasteiger partial charge in [0.15, 0.2) is 11.1 Å². The normalized spacial score (nSPS) is 19.3. The van der Waals surface area contributed by atoms with Crippen molar-refractivity contribution < 1.29 is 28.3 Å². The van der Waals surface area contributed by atoms with Crippen LogP contribution in [0.25, 0.3) is 11.0 Å². The molecule has 1 unspecified atom stereocenters. The molecule has 2 aliphatic rings. The van der Waals surface area contributed by atoms with Gasteiger partial charge < -0.3 is 24.7 Å². The van der Waals surface area contributed by atoms with Gasteiger partial charge in [-0.05, 0) is 30.7 Å². The van der Waals surface area contributed by atoms with Crippen molar-refractivity contribution in [3.05, 3.63) is 58.6 Å². The van der Waals surface area contributed by atoms with Crippen molar-refractivity contribution in [2.45, 2.75) is 19.0 Å². The molecule has 4 heterocycles. The van der Waals surface area contributed by atoms with Crippen LogP contribution in [0.2, 0.25) is 0 Å². The summed E-state index contributed by atoms with van der Waals surface area (Å²) in [5, 5.41) is 7.93. The van der Waals surface area contributed by atoms with E-state index < -0.39 is 23.4 Å². The number of furan rings is 1. The van der Waals surface area contributed by atoms with Gasteiger partial charge in [0.1, 0.15) is 17.1 Å². The number of urea groups is 1. The van der Waals surface area contributed by atoms with Crippen LogP contribution in [0.5, 0.6) is 5.75 Å². The Bertz CT molecular complexity index is 1400. The Morgan fingerprint density at radius 3 is 2.76 bits per heavy atom. The number of benzene rings is 1. The van der Waals surface area contributed by atoms with Crippen molar-refractivity contribution >= 4 is 34.7 Å². The molecule has 1 saturated heterocycles. The molecule has 3 aromatic rings. The Labute approximate surface area is 193 Å². The Balaban J connectivity index is 1.60. The number of aromatic nitrogens is 1. The van der Waals surface area contributed by atoms with Crippen molar-refractivity contribution in [2.75, 3.05) is 20.7 Å². The molecular weight excluding hydrogens is 442 g/mol. The van der Waals surface area contributed by atoms with Crippen molar-refractivity contribution in [1.29, 1.82) is 0 Å². The number of fused-ring (bicyclic) bond motifs is 2. The van der Waals surface area contributed by atoms with E-state index in [0.717, 1.165) is 5.56 Å². The Hall–Kier alpha value is -4.41. The van der Waals surface area contributed by atoms with E-state index in [1.807, 2.05) is 0 Å². The monoisotopic (exact) mass is 463 g/mol. The minimum atomic E-state index is -1.69. The molecule has 5 rings (SSSR count). The summed E-state index contributed by atoms with van der Waals surface area (Å²) in [5.41, 5.74) is 0.545. The number of rotatable bonds is 5. The molecule has 34 heavy (non-hydrogen) atoms. The van der Waals surface area contributed by atoms with Gasteiger partial charge in [0.25, 0.3) is 17.7 Å². The lowest BCUT2D eigenvalue weighted by molar-refractivity contribution is -0.125. The van der Waals surface area contributed by atoms with Crippen molar-refractivity contribution in [3.63, 3.8) is 0 Å². The summed E-state index contributed by atoms with van der Waals surface area (Å²) in [6.45, 7) is 1.80. The lowest BCUT2D eigenvalue weighted by atomic mass is 9.95. The molecule has 0 spiro atoms. The van der Waals surface area contributed by atoms with Crippen molar-refractivity contribution in [3.8, 4) is 5.75 Å². The SMILES string of the molecule is CNC(=O)c1cnc(C)c2cc(C3(CN4Cc5ccc(OC)cc5C4=O)NC(=O)NC3=O)oc12. The van der Waals surface area contributed by atoms with Crippen LogP contribution in [0.4, 0.5) is 4.79 Å². The molecule has 174 valence electrons. The molecular formula is C23H21N5O6. The molecule has 0 aliphatic carbocycles. The molecule has 11 nitrogen and oxygen atoms in total. The number of carbonyl (C=O) groups excluding carboxylic acids is 4. The minimum absolute atomic E-state index is 0.0911. The van der Waals surface area contributed by atoms with E-state index in [0.29, 0.717) is 22.4 Å². The van der Waals surface area contributed by atoms with Crippen LogP contribution in [0.3, 0.4) is 0 Å². The lowest BCUT2D eigenvalue weighted by Crippen LogP contribution is -2.52. The summed E-state index contributed by atoms with van der Waals surface area (Å²) in [4.78, 5) is 56.5. The first-order valence-electron chi connectivity index (χ1n) is 10.5. The second-order valence-electron chi connectivity index (χ2n) is 8.19. The predicted octanol–water partition coefficient (Wildman–Crippen LogP) is 1.20. The minimum Gasteiger partial charge on any atom is -0.497 e. The standard InChI is InChI=1S/C23H21N5O6/c1-11-14-7-17(34-18(14)16(8-25-11)19(29)24-2)23(21(31)26-22(32)27-23)10-28-9-12-4-5-13(33-3)6-15(12)20(28)30/h4-8H,9-10H2,1-3H3,(H,24,29)(H2,26,27,31,32). The molecule has 2 aliphatic heterocycles. The molecule has 0 saturated carbocycles. The van der Waals surface area contributed by atoms with Gasteiger partial charge in [-0.1, -0.05) is 6.07 Å². The first-order valence-corrected chi connectivity index (χ1v) is 10.5. The average Bonchev–Trinajstić information content (AvgIpc) is 3.49. The third kappa shape index (κ3) is 3.08. The van der Waals surface area contributed by atoms with Crippen LogP contribution < -0.4 is 20.7 Å². The number of pyridine rings is 1. The second-order valence-corrected chi connectivity index (χ2v) is 8.19. The number of nitrogens with zero attached hydrogens (tertiary/aromatic N) is 2. The number of hydrogen-bond donors (Lipinski definition) is 3. The second kappa shape index (κ2) is 7.58. The number of ether oxygens (including phenoxy) is 1. The van der Waals surface area contributed by atoms with Gasteiger partial charge in [-0.15, -0.1) is 0 Å². The smallest absolute Gasteiger partial charge is 0.322 e. The number of imide groups is 1. The zero-order valence-electron chi connectivity index (χ0n) is 18.6. The van der Waals surface area contributed by atoms with E-state index in [1.165, 1.54) is 25.3 Å². The largest absolute Gasteiger partial charge is 0.497 e. The van der Waals surface area contributed by atoms with E-state index >= 15 is 0 Å². The van der Waals surface area contributed by atoms with E-state index in [-0.39, 0.29) is 35.9 Å². The molecule has 1 aromatic carbocycles. The van der Waals surface area contributed by atoms with Gasteiger partial charge >= 0.3 is 6.03 Å². The van der Waals surface area contributed by atoms with Gasteiger partial charge in [0.2, 0.25) is 0 Å². The van der Waals surface area contributed by atoms with Crippen LogP contribution in [0, 0.1) is 6.92 Å². The fourth-order valence-corrected chi connectivity index (χ4v) is 4.39. The number of nitrogens with one attached hydrogen (secondary N) is 3. The average molecular weight is 463 g/mol. The first kappa shape index (κ1) is 21.4. The first-order chi connectivity index (χ1) is 16.3. The highest BCUT2D eigenvalue weighted by Gasteiger charge is 2.53. The van der Waals surface area contributed by atoms with E-state index in [4.69, 9.17) is 9.15 Å². The number of methoxy groups -OCH3 is 1. The van der Waals surface area contributed by atoms with E-state index in [1.54, 1.807) is 31.2 Å². The maximum atomic E-state index is 13.2. The van der Waals surface area contributed by atoms with Gasteiger partial charge in [-0.25, -0.2) is 4.79 Å². The highest BCUT2D eigenvalue weighted by atomic mass is 16.5. The number of aryl methyl sites for hydroxylation is 1. The van der Waals surface area contributed by atoms with E-state index in [9.17, 15) is 19.2 Å². The Morgan fingerprint density at radius 2 is 2.09 bits per heavy atom. The van der Waals surface area contributed by atoms with Crippen LogP contribution >= 0.6 is 0 Å². The van der Waals surface area contributed by atoms with Crippen LogP contribution in [0.1, 0.15) is 37.7 Å². The highest BCUT2D eigenvalue weighted by Crippen LogP contribution is 2.36. The van der Waals surface area contributed by atoms with Crippen molar-refractivity contribution in [1.82, 2.24) is 25.8 Å². The third-order valence-corrected chi connectivity index (χ3v) is 6.21.